The third-order valence-electron chi connectivity index (χ3n) is 2.78. The molecule has 2 rings (SSSR count). The average Bonchev–Trinajstić information content (AvgIpc) is 2.56. The Morgan fingerprint density at radius 3 is 2.75 bits per heavy atom. The Morgan fingerprint density at radius 1 is 1.44 bits per heavy atom. The Hall–Kier alpha value is -2.04. The number of aliphatic imine (C=N–C) groups is 1. The first-order chi connectivity index (χ1) is 7.59. The van der Waals surface area contributed by atoms with Crippen molar-refractivity contribution in [2.24, 2.45) is 16.5 Å². The van der Waals surface area contributed by atoms with E-state index >= 15 is 0 Å². The Kier molecular flexibility index (Phi) is 2.52. The van der Waals surface area contributed by atoms with Crippen LogP contribution in [0.15, 0.2) is 29.3 Å². The van der Waals surface area contributed by atoms with Crippen LogP contribution >= 0.6 is 0 Å². The van der Waals surface area contributed by atoms with Crippen molar-refractivity contribution in [1.82, 2.24) is 0 Å². The van der Waals surface area contributed by atoms with E-state index in [1.165, 1.54) is 0 Å². The number of benzene rings is 1. The lowest BCUT2D eigenvalue weighted by molar-refractivity contribution is -0.118. The smallest absolute Gasteiger partial charge is 0.271 e. The number of nitrogens with zero attached hydrogens (tertiary/aromatic N) is 2. The minimum Gasteiger partial charge on any atom is -0.370 e. The molecule has 5 nitrogen and oxygen atoms in total. The molecule has 0 saturated carbocycles. The van der Waals surface area contributed by atoms with Crippen molar-refractivity contribution in [2.45, 2.75) is 12.5 Å². The Labute approximate surface area is 93.7 Å². The Morgan fingerprint density at radius 2 is 2.12 bits per heavy atom. The lowest BCUT2D eigenvalue weighted by Gasteiger charge is -2.19. The first-order valence-corrected chi connectivity index (χ1v) is 5.04. The van der Waals surface area contributed by atoms with Crippen molar-refractivity contribution in [3.63, 3.8) is 0 Å². The van der Waals surface area contributed by atoms with E-state index in [1.54, 1.807) is 0 Å². The molecule has 1 aromatic carbocycles. The van der Waals surface area contributed by atoms with Crippen LogP contribution < -0.4 is 16.4 Å². The predicted molar refractivity (Wildman–Crippen MR) is 63.2 cm³/mol. The van der Waals surface area contributed by atoms with Gasteiger partial charge in [-0.3, -0.25) is 4.79 Å². The first kappa shape index (κ1) is 10.5. The van der Waals surface area contributed by atoms with E-state index in [4.69, 9.17) is 11.5 Å². The van der Waals surface area contributed by atoms with E-state index in [9.17, 15) is 4.79 Å². The number of guanidine groups is 1. The lowest BCUT2D eigenvalue weighted by atomic mass is 10.1. The zero-order valence-corrected chi connectivity index (χ0v) is 9.05. The predicted octanol–water partition coefficient (Wildman–Crippen LogP) is -0.152. The van der Waals surface area contributed by atoms with Gasteiger partial charge >= 0.3 is 0 Å². The molecule has 1 heterocycles. The maximum atomic E-state index is 11.7. The molecule has 0 aliphatic carbocycles. The highest BCUT2D eigenvalue weighted by Gasteiger charge is 2.31. The van der Waals surface area contributed by atoms with Crippen LogP contribution in [0, 0.1) is 0 Å². The summed E-state index contributed by atoms with van der Waals surface area (Å²) in [6.07, 6.45) is 0.655. The number of hydrogen-bond acceptors (Lipinski definition) is 2. The molecular weight excluding hydrogens is 204 g/mol. The summed E-state index contributed by atoms with van der Waals surface area (Å²) in [5.74, 6) is -0.479. The Balaban J connectivity index is 2.25. The number of hydrogen-bond donors (Lipinski definition) is 2. The minimum absolute atomic E-state index is 0.186. The molecule has 5 heteroatoms. The summed E-state index contributed by atoms with van der Waals surface area (Å²) in [5, 5.41) is 0. The molecule has 0 unspecified atom stereocenters. The van der Waals surface area contributed by atoms with Crippen LogP contribution in [0.3, 0.4) is 0 Å². The summed E-state index contributed by atoms with van der Waals surface area (Å²) in [7, 11) is 1.87. The SMILES string of the molecule is CN1c2ccccc2C[C@H]1C(=O)N=C(N)N. The zero-order chi connectivity index (χ0) is 11.7. The van der Waals surface area contributed by atoms with Gasteiger partial charge in [0.1, 0.15) is 6.04 Å². The van der Waals surface area contributed by atoms with Gasteiger partial charge in [0.25, 0.3) is 5.91 Å². The maximum absolute atomic E-state index is 11.7. The van der Waals surface area contributed by atoms with Gasteiger partial charge in [0.15, 0.2) is 5.96 Å². The summed E-state index contributed by atoms with van der Waals surface area (Å²) in [6, 6.07) is 7.61. The molecule has 0 aromatic heterocycles. The van der Waals surface area contributed by atoms with Gasteiger partial charge in [0, 0.05) is 19.2 Å². The van der Waals surface area contributed by atoms with Crippen LogP contribution in [0.2, 0.25) is 0 Å². The molecule has 1 amide bonds. The number of carbonyl (C=O) groups excluding carboxylic acids is 1. The summed E-state index contributed by atoms with van der Waals surface area (Å²) >= 11 is 0. The van der Waals surface area contributed by atoms with Crippen molar-refractivity contribution >= 4 is 17.6 Å². The molecule has 84 valence electrons. The highest BCUT2D eigenvalue weighted by Crippen LogP contribution is 2.30. The topological polar surface area (TPSA) is 84.7 Å². The van der Waals surface area contributed by atoms with Gasteiger partial charge in [-0.2, -0.15) is 4.99 Å². The second-order valence-electron chi connectivity index (χ2n) is 3.83. The van der Waals surface area contributed by atoms with E-state index in [1.807, 2.05) is 36.2 Å². The number of para-hydroxylation sites is 1. The maximum Gasteiger partial charge on any atom is 0.271 e. The van der Waals surface area contributed by atoms with E-state index < -0.39 is 0 Å². The van der Waals surface area contributed by atoms with Gasteiger partial charge < -0.3 is 16.4 Å². The largest absolute Gasteiger partial charge is 0.370 e. The molecule has 1 aliphatic rings. The van der Waals surface area contributed by atoms with Crippen LogP contribution in [0.25, 0.3) is 0 Å². The fourth-order valence-electron chi connectivity index (χ4n) is 2.00. The number of rotatable bonds is 1. The van der Waals surface area contributed by atoms with Gasteiger partial charge in [-0.05, 0) is 11.6 Å². The monoisotopic (exact) mass is 218 g/mol. The zero-order valence-electron chi connectivity index (χ0n) is 9.05. The molecular formula is C11H14N4O. The number of amides is 1. The molecule has 0 bridgehead atoms. The summed E-state index contributed by atoms with van der Waals surface area (Å²) in [4.78, 5) is 17.2. The van der Waals surface area contributed by atoms with Crippen LogP contribution in [-0.4, -0.2) is 25.0 Å². The number of carbonyl (C=O) groups is 1. The first-order valence-electron chi connectivity index (χ1n) is 5.04. The van der Waals surface area contributed by atoms with Gasteiger partial charge in [0.05, 0.1) is 0 Å². The molecule has 1 aliphatic heterocycles. The molecule has 0 radical (unpaired) electrons. The molecule has 1 atom stereocenters. The van der Waals surface area contributed by atoms with Gasteiger partial charge in [-0.25, -0.2) is 0 Å². The minimum atomic E-state index is -0.293. The molecule has 1 aromatic rings. The fourth-order valence-corrected chi connectivity index (χ4v) is 2.00. The van der Waals surface area contributed by atoms with Gasteiger partial charge in [-0.1, -0.05) is 18.2 Å². The molecule has 0 saturated heterocycles. The normalized spacial score (nSPS) is 18.1. The summed E-state index contributed by atoms with van der Waals surface area (Å²) < 4.78 is 0. The van der Waals surface area contributed by atoms with Crippen molar-refractivity contribution in [3.05, 3.63) is 29.8 Å². The number of likely N-dealkylation sites (N-methyl/N-ethyl adjacent to an activating group) is 1. The van der Waals surface area contributed by atoms with Crippen molar-refractivity contribution in [3.8, 4) is 0 Å². The second kappa shape index (κ2) is 3.84. The van der Waals surface area contributed by atoms with Crippen LogP contribution in [-0.2, 0) is 11.2 Å². The third kappa shape index (κ3) is 1.71. The quantitative estimate of drug-likeness (QED) is 0.507. The molecule has 16 heavy (non-hydrogen) atoms. The van der Waals surface area contributed by atoms with Crippen LogP contribution in [0.4, 0.5) is 5.69 Å². The standard InChI is InChI=1S/C11H14N4O/c1-15-8-5-3-2-4-7(8)6-9(15)10(16)14-11(12)13/h2-5,9H,6H2,1H3,(H4,12,13,14,16)/t9-/m0/s1. The van der Waals surface area contributed by atoms with Crippen molar-refractivity contribution < 1.29 is 4.79 Å². The third-order valence-corrected chi connectivity index (χ3v) is 2.78. The summed E-state index contributed by atoms with van der Waals surface area (Å²) in [5.41, 5.74) is 12.6. The second-order valence-corrected chi connectivity index (χ2v) is 3.83. The van der Waals surface area contributed by atoms with Gasteiger partial charge in [0.2, 0.25) is 0 Å². The van der Waals surface area contributed by atoms with E-state index in [0.29, 0.717) is 6.42 Å². The lowest BCUT2D eigenvalue weighted by Crippen LogP contribution is -2.37. The molecule has 4 N–H and O–H groups in total. The van der Waals surface area contributed by atoms with Crippen LogP contribution in [0.5, 0.6) is 0 Å². The average molecular weight is 218 g/mol. The van der Waals surface area contributed by atoms with E-state index in [-0.39, 0.29) is 17.9 Å². The fraction of sp³-hybridized carbons (Fsp3) is 0.273. The number of anilines is 1. The highest BCUT2D eigenvalue weighted by molar-refractivity contribution is 5.97. The van der Waals surface area contributed by atoms with Gasteiger partial charge in [-0.15, -0.1) is 0 Å². The number of fused-ring (bicyclic) bond motifs is 1. The highest BCUT2D eigenvalue weighted by atomic mass is 16.1. The Bertz CT molecular complexity index is 451. The van der Waals surface area contributed by atoms with Crippen LogP contribution in [0.1, 0.15) is 5.56 Å². The summed E-state index contributed by atoms with van der Waals surface area (Å²) in [6.45, 7) is 0. The van der Waals surface area contributed by atoms with Crippen molar-refractivity contribution in [1.29, 1.82) is 0 Å². The molecule has 0 spiro atoms. The van der Waals surface area contributed by atoms with E-state index in [0.717, 1.165) is 11.3 Å². The number of nitrogens with two attached hydrogens (primary N) is 2. The van der Waals surface area contributed by atoms with Crippen molar-refractivity contribution in [2.75, 3.05) is 11.9 Å². The molecule has 0 fully saturated rings. The van der Waals surface area contributed by atoms with E-state index in [2.05, 4.69) is 4.99 Å².